The second kappa shape index (κ2) is 13.3. The Labute approximate surface area is 259 Å². The van der Waals surface area contributed by atoms with E-state index in [4.69, 9.17) is 24.0 Å². The van der Waals surface area contributed by atoms with Crippen molar-refractivity contribution in [3.05, 3.63) is 29.8 Å². The first-order chi connectivity index (χ1) is 20.9. The van der Waals surface area contributed by atoms with Crippen LogP contribution in [0.4, 0.5) is 0 Å². The largest absolute Gasteiger partial charge is 0.508 e. The number of carbonyl (C=O) groups excluding carboxylic acids is 3. The molecule has 4 aliphatic heterocycles. The van der Waals surface area contributed by atoms with Crippen molar-refractivity contribution < 1.29 is 43.5 Å². The van der Waals surface area contributed by atoms with Crippen molar-refractivity contribution >= 4 is 17.8 Å². The lowest BCUT2D eigenvalue weighted by Gasteiger charge is -2.59. The number of benzene rings is 1. The SMILES string of the molecule is CC(C)C[C@H](NC(=O)CCC(=O)O[C@@H]1O[C@H]2O[C@@]3(C)CC[C@H]4[C@H](C)CC[C@@H]([C@@H]1C)[C@@]24OO3)C(=O)NCCc1ccc(O)cc1. The third-order valence-electron chi connectivity index (χ3n) is 9.91. The van der Waals surface area contributed by atoms with Gasteiger partial charge in [0.2, 0.25) is 23.9 Å². The highest BCUT2D eigenvalue weighted by molar-refractivity contribution is 5.88. The Balaban J connectivity index is 1.13. The summed E-state index contributed by atoms with van der Waals surface area (Å²) in [7, 11) is 0. The van der Waals surface area contributed by atoms with E-state index in [1.165, 1.54) is 0 Å². The summed E-state index contributed by atoms with van der Waals surface area (Å²) in [6, 6.07) is 6.09. The predicted molar refractivity (Wildman–Crippen MR) is 158 cm³/mol. The van der Waals surface area contributed by atoms with Crippen LogP contribution in [0.3, 0.4) is 0 Å². The lowest BCUT2D eigenvalue weighted by Crippen LogP contribution is -2.70. The average Bonchev–Trinajstić information content (AvgIpc) is 3.20. The van der Waals surface area contributed by atoms with Crippen molar-refractivity contribution in [3.8, 4) is 5.75 Å². The van der Waals surface area contributed by atoms with E-state index in [2.05, 4.69) is 17.6 Å². The maximum Gasteiger partial charge on any atom is 0.308 e. The second-order valence-electron chi connectivity index (χ2n) is 13.7. The van der Waals surface area contributed by atoms with Crippen LogP contribution in [0, 0.1) is 29.6 Å². The molecule has 2 bridgehead atoms. The Bertz CT molecular complexity index is 1190. The van der Waals surface area contributed by atoms with E-state index in [9.17, 15) is 19.5 Å². The Morgan fingerprint density at radius 3 is 2.52 bits per heavy atom. The van der Waals surface area contributed by atoms with Crippen LogP contribution in [0.2, 0.25) is 0 Å². The zero-order valence-electron chi connectivity index (χ0n) is 26.5. The van der Waals surface area contributed by atoms with Gasteiger partial charge in [0.05, 0.1) is 6.42 Å². The number of hydrogen-bond acceptors (Lipinski definition) is 9. The van der Waals surface area contributed by atoms with Crippen LogP contribution in [-0.2, 0) is 44.8 Å². The van der Waals surface area contributed by atoms with E-state index >= 15 is 0 Å². The minimum atomic E-state index is -0.922. The third-order valence-corrected chi connectivity index (χ3v) is 9.91. The second-order valence-corrected chi connectivity index (χ2v) is 13.7. The zero-order valence-corrected chi connectivity index (χ0v) is 26.5. The number of amides is 2. The molecule has 1 aromatic carbocycles. The summed E-state index contributed by atoms with van der Waals surface area (Å²) in [4.78, 5) is 50.7. The topological polar surface area (TPSA) is 142 Å². The number of phenols is 1. The molecule has 11 heteroatoms. The number of rotatable bonds is 11. The fourth-order valence-electron chi connectivity index (χ4n) is 7.50. The summed E-state index contributed by atoms with van der Waals surface area (Å²) in [5.74, 6) is -1.28. The molecular weight excluding hydrogens is 568 g/mol. The molecule has 9 atom stereocenters. The zero-order chi connectivity index (χ0) is 31.6. The Morgan fingerprint density at radius 2 is 1.80 bits per heavy atom. The minimum absolute atomic E-state index is 0.0237. The minimum Gasteiger partial charge on any atom is -0.508 e. The van der Waals surface area contributed by atoms with Crippen LogP contribution in [-0.4, -0.2) is 59.4 Å². The number of phenolic OH excluding ortho intramolecular Hbond substituents is 1. The number of ether oxygens (including phenoxy) is 3. The molecule has 11 nitrogen and oxygen atoms in total. The highest BCUT2D eigenvalue weighted by Gasteiger charge is 2.69. The predicted octanol–water partition coefficient (Wildman–Crippen LogP) is 4.11. The highest BCUT2D eigenvalue weighted by Crippen LogP contribution is 2.60. The van der Waals surface area contributed by atoms with Crippen LogP contribution in [0.15, 0.2) is 24.3 Å². The van der Waals surface area contributed by atoms with Gasteiger partial charge in [-0.1, -0.05) is 39.8 Å². The lowest BCUT2D eigenvalue weighted by molar-refractivity contribution is -0.576. The van der Waals surface area contributed by atoms with Gasteiger partial charge >= 0.3 is 5.97 Å². The molecule has 4 saturated heterocycles. The first kappa shape index (κ1) is 32.7. The van der Waals surface area contributed by atoms with Gasteiger partial charge in [-0.3, -0.25) is 14.4 Å². The molecule has 44 heavy (non-hydrogen) atoms. The smallest absolute Gasteiger partial charge is 0.308 e. The van der Waals surface area contributed by atoms with Crippen LogP contribution in [0.5, 0.6) is 5.75 Å². The summed E-state index contributed by atoms with van der Waals surface area (Å²) in [6.07, 6.45) is 2.77. The number of esters is 1. The Morgan fingerprint density at radius 1 is 1.05 bits per heavy atom. The van der Waals surface area contributed by atoms with Gasteiger partial charge in [0.1, 0.15) is 11.8 Å². The molecule has 1 spiro atoms. The van der Waals surface area contributed by atoms with Gasteiger partial charge in [0, 0.05) is 31.2 Å². The van der Waals surface area contributed by atoms with Crippen molar-refractivity contribution in [2.75, 3.05) is 6.54 Å². The first-order valence-corrected chi connectivity index (χ1v) is 16.1. The van der Waals surface area contributed by atoms with Gasteiger partial charge < -0.3 is 30.0 Å². The van der Waals surface area contributed by atoms with Gasteiger partial charge in [-0.05, 0) is 74.5 Å². The molecular formula is C33H48N2O9. The van der Waals surface area contributed by atoms with Gasteiger partial charge in [-0.2, -0.15) is 0 Å². The van der Waals surface area contributed by atoms with Crippen LogP contribution in [0.1, 0.15) is 85.1 Å². The van der Waals surface area contributed by atoms with Crippen LogP contribution in [0.25, 0.3) is 0 Å². The molecule has 0 unspecified atom stereocenters. The molecule has 6 rings (SSSR count). The molecule has 244 valence electrons. The van der Waals surface area contributed by atoms with E-state index in [1.54, 1.807) is 24.3 Å². The molecule has 0 radical (unpaired) electrons. The van der Waals surface area contributed by atoms with Crippen LogP contribution < -0.4 is 10.6 Å². The van der Waals surface area contributed by atoms with E-state index < -0.39 is 41.9 Å². The monoisotopic (exact) mass is 616 g/mol. The molecule has 5 aliphatic rings. The Kier molecular flexibility index (Phi) is 9.89. The molecule has 0 aromatic heterocycles. The van der Waals surface area contributed by atoms with E-state index in [1.807, 2.05) is 27.7 Å². The number of carbonyl (C=O) groups is 3. The van der Waals surface area contributed by atoms with Gasteiger partial charge in [0.25, 0.3) is 0 Å². The average molecular weight is 617 g/mol. The first-order valence-electron chi connectivity index (χ1n) is 16.1. The maximum absolute atomic E-state index is 13.0. The molecule has 5 fully saturated rings. The lowest BCUT2D eigenvalue weighted by atomic mass is 9.58. The van der Waals surface area contributed by atoms with Gasteiger partial charge in [0.15, 0.2) is 11.9 Å². The molecule has 1 saturated carbocycles. The van der Waals surface area contributed by atoms with Crippen molar-refractivity contribution in [2.45, 2.75) is 116 Å². The number of fused-ring (bicyclic) bond motifs is 2. The van der Waals surface area contributed by atoms with E-state index in [0.717, 1.165) is 24.8 Å². The van der Waals surface area contributed by atoms with Crippen molar-refractivity contribution in [2.24, 2.45) is 29.6 Å². The van der Waals surface area contributed by atoms with E-state index in [0.29, 0.717) is 31.7 Å². The molecule has 1 aliphatic carbocycles. The Hall–Kier alpha value is -2.73. The standard InChI is InChI=1S/C33H48N2O9/c1-19(2)18-26(29(39)34-17-15-22-7-9-23(36)10-8-22)35-27(37)12-13-28(38)40-30-21(4)25-11-6-20(3)24-14-16-32(5)42-31(41-30)33(24,25)44-43-32/h7-10,19-21,24-26,30-31,36H,6,11-18H2,1-5H3,(H,34,39)(H,35,37)/t20-,21+,24+,25+,26+,30-,31+,32-,33-/m1/s1. The van der Waals surface area contributed by atoms with Crippen LogP contribution >= 0.6 is 0 Å². The fourth-order valence-corrected chi connectivity index (χ4v) is 7.50. The van der Waals surface area contributed by atoms with Gasteiger partial charge in [-0.25, -0.2) is 9.78 Å². The van der Waals surface area contributed by atoms with Crippen molar-refractivity contribution in [1.82, 2.24) is 10.6 Å². The van der Waals surface area contributed by atoms with Crippen molar-refractivity contribution in [1.29, 1.82) is 0 Å². The number of hydrogen-bond donors (Lipinski definition) is 3. The van der Waals surface area contributed by atoms with Crippen molar-refractivity contribution in [3.63, 3.8) is 0 Å². The normalized spacial score (nSPS) is 34.9. The third kappa shape index (κ3) is 6.90. The molecule has 4 heterocycles. The maximum atomic E-state index is 13.0. The van der Waals surface area contributed by atoms with E-state index in [-0.39, 0.29) is 48.2 Å². The highest BCUT2D eigenvalue weighted by atomic mass is 17.3. The summed E-state index contributed by atoms with van der Waals surface area (Å²) in [5.41, 5.74) is 0.231. The number of nitrogens with one attached hydrogen (secondary N) is 2. The molecule has 2 amide bonds. The number of aromatic hydroxyl groups is 1. The summed E-state index contributed by atoms with van der Waals surface area (Å²) in [6.45, 7) is 10.4. The summed E-state index contributed by atoms with van der Waals surface area (Å²) >= 11 is 0. The molecule has 3 N–H and O–H groups in total. The molecule has 1 aromatic rings. The fraction of sp³-hybridized carbons (Fsp3) is 0.727. The van der Waals surface area contributed by atoms with Gasteiger partial charge in [-0.15, -0.1) is 0 Å². The summed E-state index contributed by atoms with van der Waals surface area (Å²) < 4.78 is 18.4. The summed E-state index contributed by atoms with van der Waals surface area (Å²) in [5, 5.41) is 15.1. The quantitative estimate of drug-likeness (QED) is 0.247.